The Morgan fingerprint density at radius 2 is 1.71 bits per heavy atom. The molecule has 1 N–H and O–H groups in total. The first-order valence-electron chi connectivity index (χ1n) is 11.0. The molecule has 0 radical (unpaired) electrons. The van der Waals surface area contributed by atoms with Gasteiger partial charge in [-0.25, -0.2) is 9.48 Å². The van der Waals surface area contributed by atoms with E-state index in [1.807, 2.05) is 34.6 Å². The summed E-state index contributed by atoms with van der Waals surface area (Å²) in [6.45, 7) is 17.5. The number of nitrogens with zero attached hydrogens (tertiary/aromatic N) is 3. The Hall–Kier alpha value is -2.16. The van der Waals surface area contributed by atoms with Crippen molar-refractivity contribution in [2.45, 2.75) is 103 Å². The van der Waals surface area contributed by atoms with Crippen molar-refractivity contribution in [2.75, 3.05) is 5.32 Å². The highest BCUT2D eigenvalue weighted by Crippen LogP contribution is 2.56. The maximum absolute atomic E-state index is 13.4. The van der Waals surface area contributed by atoms with Crippen LogP contribution in [-0.4, -0.2) is 46.3 Å². The van der Waals surface area contributed by atoms with Crippen LogP contribution in [0.25, 0.3) is 0 Å². The minimum Gasteiger partial charge on any atom is -0.444 e. The van der Waals surface area contributed by atoms with Crippen LogP contribution in [0, 0.1) is 0 Å². The Morgan fingerprint density at radius 3 is 2.13 bits per heavy atom. The third-order valence-corrected chi connectivity index (χ3v) is 10.4. The van der Waals surface area contributed by atoms with Crippen molar-refractivity contribution in [3.63, 3.8) is 0 Å². The average molecular weight is 449 g/mol. The molecule has 3 rings (SSSR count). The van der Waals surface area contributed by atoms with Gasteiger partial charge in [0.2, 0.25) is 11.8 Å². The van der Waals surface area contributed by atoms with E-state index in [0.29, 0.717) is 17.1 Å². The molecule has 2 amide bonds. The fourth-order valence-electron chi connectivity index (χ4n) is 4.73. The number of carbonyl (C=O) groups excluding carboxylic acids is 3. The largest absolute Gasteiger partial charge is 0.444 e. The summed E-state index contributed by atoms with van der Waals surface area (Å²) < 4.78 is 6.91. The van der Waals surface area contributed by atoms with Crippen molar-refractivity contribution < 1.29 is 19.1 Å². The van der Waals surface area contributed by atoms with Crippen molar-refractivity contribution in [1.29, 1.82) is 0 Å². The first-order chi connectivity index (χ1) is 14.0. The van der Waals surface area contributed by atoms with E-state index in [0.717, 1.165) is 19.3 Å². The van der Waals surface area contributed by atoms with E-state index in [9.17, 15) is 14.4 Å². The van der Waals surface area contributed by atoms with Crippen LogP contribution in [0.15, 0.2) is 0 Å². The normalized spacial score (nSPS) is 19.5. The molecule has 2 heterocycles. The Morgan fingerprint density at radius 1 is 1.13 bits per heavy atom. The monoisotopic (exact) mass is 448 g/mol. The molecule has 1 saturated carbocycles. The number of amides is 2. The number of hydrogen-bond acceptors (Lipinski definition) is 5. The Kier molecular flexibility index (Phi) is 5.44. The molecule has 1 fully saturated rings. The predicted octanol–water partition coefficient (Wildman–Crippen LogP) is 4.73. The van der Waals surface area contributed by atoms with E-state index in [1.165, 1.54) is 11.6 Å². The molecule has 9 heteroatoms. The zero-order valence-corrected chi connectivity index (χ0v) is 21.3. The molecule has 1 aromatic heterocycles. The highest BCUT2D eigenvalue weighted by molar-refractivity contribution is 6.83. The van der Waals surface area contributed by atoms with Crippen molar-refractivity contribution in [2.24, 2.45) is 0 Å². The van der Waals surface area contributed by atoms with Crippen LogP contribution in [-0.2, 0) is 21.6 Å². The topological polar surface area (TPSA) is 93.5 Å². The van der Waals surface area contributed by atoms with E-state index in [-0.39, 0.29) is 23.4 Å². The number of nitrogens with one attached hydrogen (secondary N) is 1. The molecule has 31 heavy (non-hydrogen) atoms. The van der Waals surface area contributed by atoms with Crippen molar-refractivity contribution >= 4 is 31.8 Å². The number of ether oxygens (including phenoxy) is 1. The van der Waals surface area contributed by atoms with Crippen LogP contribution >= 0.6 is 0 Å². The summed E-state index contributed by atoms with van der Waals surface area (Å²) in [5.41, 5.74) is -0.132. The molecule has 0 aromatic carbocycles. The molecular formula is C22H36N4O4Si. The van der Waals surface area contributed by atoms with Crippen LogP contribution in [0.4, 0.5) is 10.6 Å². The minimum atomic E-state index is -1.77. The van der Waals surface area contributed by atoms with E-state index >= 15 is 0 Å². The lowest BCUT2D eigenvalue weighted by molar-refractivity contribution is -0.121. The Labute approximate surface area is 185 Å². The molecule has 0 unspecified atom stereocenters. The molecule has 0 saturated heterocycles. The molecule has 172 valence electrons. The van der Waals surface area contributed by atoms with Gasteiger partial charge in [0, 0.05) is 17.5 Å². The summed E-state index contributed by atoms with van der Waals surface area (Å²) in [7, 11) is -1.77. The van der Waals surface area contributed by atoms with Crippen LogP contribution < -0.4 is 5.32 Å². The lowest BCUT2D eigenvalue weighted by Gasteiger charge is -2.48. The molecule has 0 bridgehead atoms. The van der Waals surface area contributed by atoms with Crippen molar-refractivity contribution in [3.05, 3.63) is 11.3 Å². The molecule has 2 aliphatic rings. The highest BCUT2D eigenvalue weighted by Gasteiger charge is 2.54. The second kappa shape index (κ2) is 7.18. The van der Waals surface area contributed by atoms with Gasteiger partial charge in [-0.2, -0.15) is 0 Å². The summed E-state index contributed by atoms with van der Waals surface area (Å²) in [5, 5.41) is 7.19. The first-order valence-corrected chi connectivity index (χ1v) is 14.5. The molecule has 8 nitrogen and oxygen atoms in total. The predicted molar refractivity (Wildman–Crippen MR) is 122 cm³/mol. The first kappa shape index (κ1) is 23.5. The van der Waals surface area contributed by atoms with Gasteiger partial charge in [-0.3, -0.25) is 14.5 Å². The minimum absolute atomic E-state index is 0.0116. The van der Waals surface area contributed by atoms with E-state index in [2.05, 4.69) is 30.1 Å². The lowest BCUT2D eigenvalue weighted by atomic mass is 9.83. The quantitative estimate of drug-likeness (QED) is 0.675. The highest BCUT2D eigenvalue weighted by atomic mass is 28.3. The Balaban J connectivity index is 1.99. The van der Waals surface area contributed by atoms with Crippen molar-refractivity contribution in [1.82, 2.24) is 14.7 Å². The van der Waals surface area contributed by atoms with Gasteiger partial charge >= 0.3 is 6.09 Å². The second-order valence-corrected chi connectivity index (χ2v) is 16.8. The summed E-state index contributed by atoms with van der Waals surface area (Å²) in [4.78, 5) is 40.3. The zero-order chi connectivity index (χ0) is 23.6. The van der Waals surface area contributed by atoms with Crippen molar-refractivity contribution in [3.8, 4) is 0 Å². The molecule has 0 spiro atoms. The van der Waals surface area contributed by atoms with Gasteiger partial charge in [0.1, 0.15) is 5.60 Å². The Bertz CT molecular complexity index is 933. The molecule has 1 aliphatic heterocycles. The third kappa shape index (κ3) is 3.81. The van der Waals surface area contributed by atoms with E-state index in [1.54, 1.807) is 4.90 Å². The second-order valence-electron chi connectivity index (χ2n) is 11.4. The maximum Gasteiger partial charge on any atom is 0.411 e. The van der Waals surface area contributed by atoms with Crippen LogP contribution in [0.3, 0.4) is 0 Å². The fourth-order valence-corrected chi connectivity index (χ4v) is 7.32. The summed E-state index contributed by atoms with van der Waals surface area (Å²) in [6, 6.07) is 0. The van der Waals surface area contributed by atoms with E-state index < -0.39 is 25.3 Å². The van der Waals surface area contributed by atoms with Gasteiger partial charge in [0.25, 0.3) is 0 Å². The smallest absolute Gasteiger partial charge is 0.411 e. The summed E-state index contributed by atoms with van der Waals surface area (Å²) in [6.07, 6.45) is 2.37. The number of carbonyl (C=O) groups is 3. The van der Waals surface area contributed by atoms with Gasteiger partial charge in [-0.1, -0.05) is 26.1 Å². The van der Waals surface area contributed by atoms with Gasteiger partial charge in [0.05, 0.1) is 25.9 Å². The van der Waals surface area contributed by atoms with Crippen LogP contribution in [0.2, 0.25) is 24.7 Å². The average Bonchev–Trinajstić information content (AvgIpc) is 2.99. The van der Waals surface area contributed by atoms with Gasteiger partial charge in [-0.15, -0.1) is 5.10 Å². The number of hydrogen-bond donors (Lipinski definition) is 1. The molecular weight excluding hydrogens is 412 g/mol. The van der Waals surface area contributed by atoms with Crippen LogP contribution in [0.5, 0.6) is 0 Å². The lowest BCUT2D eigenvalue weighted by Crippen LogP contribution is -2.52. The number of fused-ring (bicyclic) bond motifs is 1. The van der Waals surface area contributed by atoms with Gasteiger partial charge in [-0.05, 0) is 47.5 Å². The standard InChI is InChI=1S/C22H36N4O4Si/c1-14(27)26-16-15(13-25(21(16,5)6)19(29)30-20(2,3)4)17(24-26)23-18(28)22(11-10-12-22)31(7,8)9/h10-13H2,1-9H3,(H,23,24,28). The zero-order valence-electron chi connectivity index (χ0n) is 20.3. The SMILES string of the molecule is CC(=O)n1nc(NC(=O)C2([Si](C)(C)C)CCC2)c2c1C(C)(C)N(C(=O)OC(C)(C)C)C2. The van der Waals surface area contributed by atoms with Gasteiger partial charge < -0.3 is 10.1 Å². The summed E-state index contributed by atoms with van der Waals surface area (Å²) >= 11 is 0. The number of aromatic nitrogens is 2. The third-order valence-electron chi connectivity index (χ3n) is 6.78. The van der Waals surface area contributed by atoms with Gasteiger partial charge in [0.15, 0.2) is 5.82 Å². The molecule has 1 aliphatic carbocycles. The number of rotatable bonds is 3. The van der Waals surface area contributed by atoms with Crippen LogP contribution in [0.1, 0.15) is 76.9 Å². The maximum atomic E-state index is 13.4. The summed E-state index contributed by atoms with van der Waals surface area (Å²) in [5.74, 6) is 0.0979. The molecule has 1 aromatic rings. The molecule has 0 atom stereocenters. The fraction of sp³-hybridized carbons (Fsp3) is 0.727. The van der Waals surface area contributed by atoms with E-state index in [4.69, 9.17) is 4.74 Å². The number of anilines is 1.